The maximum absolute atomic E-state index is 12.1. The topological polar surface area (TPSA) is 55.6 Å². The normalized spacial score (nSPS) is 11.4. The van der Waals surface area contributed by atoms with Gasteiger partial charge in [0.1, 0.15) is 12.8 Å². The summed E-state index contributed by atoms with van der Waals surface area (Å²) in [5.74, 6) is -0.733. The lowest BCUT2D eigenvalue weighted by Crippen LogP contribution is -2.31. The molecule has 0 bridgehead atoms. The van der Waals surface area contributed by atoms with E-state index in [1.54, 1.807) is 6.92 Å². The van der Waals surface area contributed by atoms with Crippen molar-refractivity contribution in [3.63, 3.8) is 0 Å². The van der Waals surface area contributed by atoms with Crippen molar-refractivity contribution < 1.29 is 27.1 Å². The number of anilines is 1. The first-order valence-corrected chi connectivity index (χ1v) is 4.74. The number of oxazole rings is 1. The first-order chi connectivity index (χ1) is 7.83. The molecule has 0 aliphatic rings. The minimum absolute atomic E-state index is 0.152. The Balaban J connectivity index is 2.71. The van der Waals surface area contributed by atoms with E-state index in [0.717, 1.165) is 18.2 Å². The van der Waals surface area contributed by atoms with Crippen LogP contribution in [0.4, 0.5) is 19.2 Å². The number of halogens is 3. The molecule has 0 aliphatic carbocycles. The summed E-state index contributed by atoms with van der Waals surface area (Å²) >= 11 is 0. The minimum Gasteiger partial charge on any atom is -0.461 e. The predicted octanol–water partition coefficient (Wildman–Crippen LogP) is 1.85. The van der Waals surface area contributed by atoms with Gasteiger partial charge in [0.2, 0.25) is 0 Å². The van der Waals surface area contributed by atoms with Crippen LogP contribution in [0.15, 0.2) is 10.7 Å². The fraction of sp³-hybridized carbons (Fsp3) is 0.556. The Kier molecular flexibility index (Phi) is 3.97. The van der Waals surface area contributed by atoms with E-state index in [0.29, 0.717) is 0 Å². The van der Waals surface area contributed by atoms with Crippen LogP contribution in [0.2, 0.25) is 0 Å². The maximum atomic E-state index is 12.1. The first kappa shape index (κ1) is 13.3. The molecule has 0 N–H and O–H groups in total. The lowest BCUT2D eigenvalue weighted by molar-refractivity contribution is -0.119. The standard InChI is InChI=1S/C9H11F3N2O3/c1-3-16-7(15)6-4-17-8(13-6)14(2)5-9(10,11)12/h4H,3,5H2,1-2H3. The van der Waals surface area contributed by atoms with E-state index in [2.05, 4.69) is 9.72 Å². The van der Waals surface area contributed by atoms with Crippen molar-refractivity contribution in [2.75, 3.05) is 25.1 Å². The van der Waals surface area contributed by atoms with Crippen molar-refractivity contribution in [1.29, 1.82) is 0 Å². The Morgan fingerprint density at radius 2 is 2.24 bits per heavy atom. The van der Waals surface area contributed by atoms with Crippen LogP contribution >= 0.6 is 0 Å². The molecule has 1 heterocycles. The minimum atomic E-state index is -4.37. The van der Waals surface area contributed by atoms with E-state index in [4.69, 9.17) is 4.42 Å². The smallest absolute Gasteiger partial charge is 0.406 e. The number of esters is 1. The Labute approximate surface area is 95.2 Å². The molecule has 0 saturated heterocycles. The zero-order chi connectivity index (χ0) is 13.1. The van der Waals surface area contributed by atoms with Gasteiger partial charge >= 0.3 is 12.1 Å². The maximum Gasteiger partial charge on any atom is 0.406 e. The van der Waals surface area contributed by atoms with Crippen LogP contribution in [0.5, 0.6) is 0 Å². The number of hydrogen-bond acceptors (Lipinski definition) is 5. The first-order valence-electron chi connectivity index (χ1n) is 4.74. The molecule has 0 radical (unpaired) electrons. The van der Waals surface area contributed by atoms with Gasteiger partial charge in [-0.2, -0.15) is 18.2 Å². The van der Waals surface area contributed by atoms with E-state index in [1.165, 1.54) is 0 Å². The number of carbonyl (C=O) groups excluding carboxylic acids is 1. The number of hydrogen-bond donors (Lipinski definition) is 0. The van der Waals surface area contributed by atoms with Gasteiger partial charge in [-0.15, -0.1) is 0 Å². The highest BCUT2D eigenvalue weighted by Gasteiger charge is 2.31. The van der Waals surface area contributed by atoms with Crippen LogP contribution < -0.4 is 4.90 Å². The van der Waals surface area contributed by atoms with Gasteiger partial charge in [-0.05, 0) is 6.92 Å². The van der Waals surface area contributed by atoms with Gasteiger partial charge in [-0.1, -0.05) is 0 Å². The van der Waals surface area contributed by atoms with Crippen molar-refractivity contribution in [1.82, 2.24) is 4.98 Å². The van der Waals surface area contributed by atoms with Crippen LogP contribution in [-0.4, -0.2) is 37.3 Å². The molecule has 0 aromatic carbocycles. The van der Waals surface area contributed by atoms with Crippen LogP contribution in [0.25, 0.3) is 0 Å². The third-order valence-electron chi connectivity index (χ3n) is 1.72. The zero-order valence-corrected chi connectivity index (χ0v) is 9.24. The van der Waals surface area contributed by atoms with Gasteiger partial charge in [-0.25, -0.2) is 4.79 Å². The highest BCUT2D eigenvalue weighted by atomic mass is 19.4. The van der Waals surface area contributed by atoms with Gasteiger partial charge in [0.15, 0.2) is 5.69 Å². The quantitative estimate of drug-likeness (QED) is 0.765. The SMILES string of the molecule is CCOC(=O)c1coc(N(C)CC(F)(F)F)n1. The van der Waals surface area contributed by atoms with Crippen molar-refractivity contribution in [3.05, 3.63) is 12.0 Å². The Morgan fingerprint density at radius 3 is 2.76 bits per heavy atom. The summed E-state index contributed by atoms with van der Waals surface area (Å²) in [4.78, 5) is 15.5. The summed E-state index contributed by atoms with van der Waals surface area (Å²) in [5, 5.41) is 0. The summed E-state index contributed by atoms with van der Waals surface area (Å²) in [5.41, 5.74) is -0.157. The number of ether oxygens (including phenoxy) is 1. The lowest BCUT2D eigenvalue weighted by atomic mass is 10.5. The Hall–Kier alpha value is -1.73. The van der Waals surface area contributed by atoms with Crippen molar-refractivity contribution in [2.45, 2.75) is 13.1 Å². The fourth-order valence-electron chi connectivity index (χ4n) is 1.07. The van der Waals surface area contributed by atoms with E-state index < -0.39 is 18.7 Å². The average Bonchev–Trinajstić information content (AvgIpc) is 2.63. The van der Waals surface area contributed by atoms with E-state index in [1.807, 2.05) is 0 Å². The monoisotopic (exact) mass is 252 g/mol. The van der Waals surface area contributed by atoms with E-state index >= 15 is 0 Å². The fourth-order valence-corrected chi connectivity index (χ4v) is 1.07. The molecule has 0 unspecified atom stereocenters. The molecule has 0 saturated carbocycles. The van der Waals surface area contributed by atoms with E-state index in [9.17, 15) is 18.0 Å². The van der Waals surface area contributed by atoms with E-state index in [-0.39, 0.29) is 18.3 Å². The largest absolute Gasteiger partial charge is 0.461 e. The molecule has 17 heavy (non-hydrogen) atoms. The molecule has 0 amide bonds. The van der Waals surface area contributed by atoms with Crippen molar-refractivity contribution in [2.24, 2.45) is 0 Å². The molecule has 8 heteroatoms. The highest BCUT2D eigenvalue weighted by Crippen LogP contribution is 2.20. The molecular weight excluding hydrogens is 241 g/mol. The molecule has 0 spiro atoms. The second kappa shape index (κ2) is 5.07. The predicted molar refractivity (Wildman–Crippen MR) is 51.8 cm³/mol. The van der Waals surface area contributed by atoms with Crippen molar-refractivity contribution >= 4 is 12.0 Å². The van der Waals surface area contributed by atoms with Gasteiger partial charge < -0.3 is 14.1 Å². The lowest BCUT2D eigenvalue weighted by Gasteiger charge is -2.15. The third kappa shape index (κ3) is 3.97. The second-order valence-corrected chi connectivity index (χ2v) is 3.21. The molecule has 0 fully saturated rings. The summed E-state index contributed by atoms with van der Waals surface area (Å²) in [6, 6.07) is -0.287. The molecule has 5 nitrogen and oxygen atoms in total. The van der Waals surface area contributed by atoms with Crippen LogP contribution in [0.3, 0.4) is 0 Å². The molecule has 96 valence electrons. The summed E-state index contributed by atoms with van der Waals surface area (Å²) in [6.45, 7) is 0.546. The summed E-state index contributed by atoms with van der Waals surface area (Å²) in [6.07, 6.45) is -3.41. The van der Waals surface area contributed by atoms with Crippen LogP contribution in [0, 0.1) is 0 Å². The number of aromatic nitrogens is 1. The molecule has 0 aliphatic heterocycles. The van der Waals surface area contributed by atoms with Gasteiger partial charge in [0, 0.05) is 7.05 Å². The van der Waals surface area contributed by atoms with Gasteiger partial charge in [0.25, 0.3) is 6.01 Å². The molecular formula is C9H11F3N2O3. The number of rotatable bonds is 4. The number of nitrogens with zero attached hydrogens (tertiary/aromatic N) is 2. The second-order valence-electron chi connectivity index (χ2n) is 3.21. The molecule has 0 atom stereocenters. The van der Waals surface area contributed by atoms with Crippen molar-refractivity contribution in [3.8, 4) is 0 Å². The molecule has 1 aromatic rings. The Morgan fingerprint density at radius 1 is 1.59 bits per heavy atom. The number of carbonyl (C=O) groups is 1. The summed E-state index contributed by atoms with van der Waals surface area (Å²) < 4.78 is 45.6. The molecule has 1 rings (SSSR count). The summed E-state index contributed by atoms with van der Waals surface area (Å²) in [7, 11) is 1.16. The Bertz CT molecular complexity index is 389. The van der Waals surface area contributed by atoms with Gasteiger partial charge in [0.05, 0.1) is 6.61 Å². The number of alkyl halides is 3. The van der Waals surface area contributed by atoms with Crippen LogP contribution in [-0.2, 0) is 4.74 Å². The average molecular weight is 252 g/mol. The molecule has 1 aromatic heterocycles. The van der Waals surface area contributed by atoms with Gasteiger partial charge in [-0.3, -0.25) is 0 Å². The highest BCUT2D eigenvalue weighted by molar-refractivity contribution is 5.87. The zero-order valence-electron chi connectivity index (χ0n) is 9.24. The third-order valence-corrected chi connectivity index (χ3v) is 1.72. The van der Waals surface area contributed by atoms with Crippen LogP contribution in [0.1, 0.15) is 17.4 Å².